The summed E-state index contributed by atoms with van der Waals surface area (Å²) in [5.41, 5.74) is 1.48. The fourth-order valence-electron chi connectivity index (χ4n) is 2.55. The first-order chi connectivity index (χ1) is 8.05. The van der Waals surface area contributed by atoms with Gasteiger partial charge < -0.3 is 0 Å². The minimum atomic E-state index is 0.458. The Morgan fingerprint density at radius 2 is 2.35 bits per heavy atom. The van der Waals surface area contributed by atoms with Crippen molar-refractivity contribution in [2.45, 2.75) is 45.5 Å². The molecule has 1 aromatic heterocycles. The minimum Gasteiger partial charge on any atom is -0.293 e. The smallest absolute Gasteiger partial charge is 0.110 e. The maximum atomic E-state index is 5.82. The summed E-state index contributed by atoms with van der Waals surface area (Å²) in [5.74, 6) is 0.526. The lowest BCUT2D eigenvalue weighted by Gasteiger charge is -2.26. The molecular weight excluding hydrogens is 252 g/mol. The van der Waals surface area contributed by atoms with Crippen LogP contribution in [-0.4, -0.2) is 23.0 Å². The molecule has 0 saturated carbocycles. The van der Waals surface area contributed by atoms with Gasteiger partial charge in [0.1, 0.15) is 5.01 Å². The van der Waals surface area contributed by atoms with Gasteiger partial charge in [-0.2, -0.15) is 0 Å². The van der Waals surface area contributed by atoms with Crippen molar-refractivity contribution in [2.24, 2.45) is 5.41 Å². The van der Waals surface area contributed by atoms with Crippen molar-refractivity contribution in [1.82, 2.24) is 9.88 Å². The molecule has 0 aromatic carbocycles. The van der Waals surface area contributed by atoms with E-state index in [4.69, 9.17) is 11.6 Å². The first kappa shape index (κ1) is 13.3. The molecule has 0 radical (unpaired) electrons. The Hall–Kier alpha value is -0.120. The Morgan fingerprint density at radius 3 is 2.82 bits per heavy atom. The largest absolute Gasteiger partial charge is 0.293 e. The molecule has 0 amide bonds. The van der Waals surface area contributed by atoms with Crippen LogP contribution in [0.1, 0.15) is 50.4 Å². The molecule has 1 fully saturated rings. The number of nitrogens with zero attached hydrogens (tertiary/aromatic N) is 2. The Labute approximate surface area is 113 Å². The summed E-state index contributed by atoms with van der Waals surface area (Å²) in [7, 11) is 0. The number of likely N-dealkylation sites (tertiary alicyclic amines) is 1. The molecule has 2 rings (SSSR count). The maximum absolute atomic E-state index is 5.82. The Bertz CT molecular complexity index is 375. The second-order valence-electron chi connectivity index (χ2n) is 5.62. The lowest BCUT2D eigenvalue weighted by Crippen LogP contribution is -2.27. The van der Waals surface area contributed by atoms with E-state index in [2.05, 4.69) is 36.0 Å². The third-order valence-corrected chi connectivity index (χ3v) is 4.79. The summed E-state index contributed by atoms with van der Waals surface area (Å²) in [6.07, 6.45) is 2.42. The molecule has 0 bridgehead atoms. The molecule has 0 N–H and O–H groups in total. The van der Waals surface area contributed by atoms with E-state index >= 15 is 0 Å². The number of halogens is 1. The summed E-state index contributed by atoms with van der Waals surface area (Å²) < 4.78 is 0. The second kappa shape index (κ2) is 5.25. The summed E-state index contributed by atoms with van der Waals surface area (Å²) >= 11 is 7.58. The first-order valence-electron chi connectivity index (χ1n) is 6.30. The predicted octanol–water partition coefficient (Wildman–Crippen LogP) is 4.06. The third kappa shape index (κ3) is 3.01. The van der Waals surface area contributed by atoms with Crippen molar-refractivity contribution in [3.63, 3.8) is 0 Å². The van der Waals surface area contributed by atoms with Crippen LogP contribution in [0.25, 0.3) is 0 Å². The number of hydrogen-bond donors (Lipinski definition) is 0. The first-order valence-corrected chi connectivity index (χ1v) is 7.71. The van der Waals surface area contributed by atoms with Gasteiger partial charge in [-0.3, -0.25) is 4.90 Å². The van der Waals surface area contributed by atoms with Crippen molar-refractivity contribution in [3.05, 3.63) is 16.1 Å². The van der Waals surface area contributed by atoms with Crippen LogP contribution >= 0.6 is 22.9 Å². The Balaban J connectivity index is 2.11. The zero-order valence-electron chi connectivity index (χ0n) is 10.9. The van der Waals surface area contributed by atoms with E-state index in [9.17, 15) is 0 Å². The van der Waals surface area contributed by atoms with Gasteiger partial charge in [0.15, 0.2) is 0 Å². The standard InChI is InChI=1S/C13H21ClN2S/c1-4-11(12-15-10(7-14)8-17-12)16-6-5-13(2,3)9-16/h8,11H,4-7,9H2,1-3H3. The van der Waals surface area contributed by atoms with Gasteiger partial charge in [-0.05, 0) is 24.8 Å². The SMILES string of the molecule is CCC(c1nc(CCl)cs1)N1CCC(C)(C)C1. The van der Waals surface area contributed by atoms with Gasteiger partial charge in [0.25, 0.3) is 0 Å². The normalized spacial score (nSPS) is 21.9. The molecule has 0 spiro atoms. The molecule has 2 nitrogen and oxygen atoms in total. The van der Waals surface area contributed by atoms with Gasteiger partial charge in [0.2, 0.25) is 0 Å². The van der Waals surface area contributed by atoms with Crippen molar-refractivity contribution in [1.29, 1.82) is 0 Å². The monoisotopic (exact) mass is 272 g/mol. The van der Waals surface area contributed by atoms with E-state index in [1.54, 1.807) is 11.3 Å². The molecule has 1 saturated heterocycles. The topological polar surface area (TPSA) is 16.1 Å². The number of rotatable bonds is 4. The van der Waals surface area contributed by atoms with Gasteiger partial charge >= 0.3 is 0 Å². The zero-order valence-corrected chi connectivity index (χ0v) is 12.4. The predicted molar refractivity (Wildman–Crippen MR) is 74.7 cm³/mol. The zero-order chi connectivity index (χ0) is 12.5. The molecule has 4 heteroatoms. The van der Waals surface area contributed by atoms with Crippen LogP contribution in [0.2, 0.25) is 0 Å². The summed E-state index contributed by atoms with van der Waals surface area (Å²) in [6.45, 7) is 9.33. The van der Waals surface area contributed by atoms with Crippen LogP contribution in [0.5, 0.6) is 0 Å². The van der Waals surface area contributed by atoms with E-state index in [0.717, 1.165) is 12.1 Å². The average molecular weight is 273 g/mol. The lowest BCUT2D eigenvalue weighted by atomic mass is 9.93. The van der Waals surface area contributed by atoms with E-state index in [1.165, 1.54) is 24.5 Å². The van der Waals surface area contributed by atoms with Gasteiger partial charge in [-0.25, -0.2) is 4.98 Å². The molecule has 1 aliphatic heterocycles. The van der Waals surface area contributed by atoms with Crippen LogP contribution in [0.4, 0.5) is 0 Å². The number of hydrogen-bond acceptors (Lipinski definition) is 3. The number of alkyl halides is 1. The van der Waals surface area contributed by atoms with Gasteiger partial charge in [0, 0.05) is 11.9 Å². The molecular formula is C13H21ClN2S. The summed E-state index contributed by atoms with van der Waals surface area (Å²) in [5, 5.41) is 3.33. The highest BCUT2D eigenvalue weighted by molar-refractivity contribution is 7.09. The Morgan fingerprint density at radius 1 is 1.59 bits per heavy atom. The van der Waals surface area contributed by atoms with Crippen LogP contribution < -0.4 is 0 Å². The van der Waals surface area contributed by atoms with E-state index < -0.39 is 0 Å². The fourth-order valence-corrected chi connectivity index (χ4v) is 3.81. The van der Waals surface area contributed by atoms with Crippen molar-refractivity contribution in [3.8, 4) is 0 Å². The van der Waals surface area contributed by atoms with Crippen LogP contribution in [0.15, 0.2) is 5.38 Å². The molecule has 1 atom stereocenters. The van der Waals surface area contributed by atoms with Gasteiger partial charge in [-0.15, -0.1) is 22.9 Å². The second-order valence-corrected chi connectivity index (χ2v) is 6.78. The van der Waals surface area contributed by atoms with Crippen molar-refractivity contribution in [2.75, 3.05) is 13.1 Å². The Kier molecular flexibility index (Phi) is 4.11. The molecule has 1 aromatic rings. The fraction of sp³-hybridized carbons (Fsp3) is 0.769. The van der Waals surface area contributed by atoms with Crippen LogP contribution in [0, 0.1) is 5.41 Å². The maximum Gasteiger partial charge on any atom is 0.110 e. The molecule has 1 aliphatic rings. The van der Waals surface area contributed by atoms with Gasteiger partial charge in [0.05, 0.1) is 17.6 Å². The molecule has 2 heterocycles. The summed E-state index contributed by atoms with van der Waals surface area (Å²) in [4.78, 5) is 7.22. The summed E-state index contributed by atoms with van der Waals surface area (Å²) in [6, 6.07) is 0.485. The van der Waals surface area contributed by atoms with Crippen LogP contribution in [-0.2, 0) is 5.88 Å². The van der Waals surface area contributed by atoms with E-state index in [0.29, 0.717) is 17.3 Å². The average Bonchev–Trinajstić information content (AvgIpc) is 2.87. The van der Waals surface area contributed by atoms with E-state index in [-0.39, 0.29) is 0 Å². The van der Waals surface area contributed by atoms with Gasteiger partial charge in [-0.1, -0.05) is 20.8 Å². The number of thiazole rings is 1. The van der Waals surface area contributed by atoms with Crippen LogP contribution in [0.3, 0.4) is 0 Å². The highest BCUT2D eigenvalue weighted by Crippen LogP contribution is 2.37. The highest BCUT2D eigenvalue weighted by Gasteiger charge is 2.34. The highest BCUT2D eigenvalue weighted by atomic mass is 35.5. The van der Waals surface area contributed by atoms with Crippen molar-refractivity contribution < 1.29 is 0 Å². The number of aromatic nitrogens is 1. The quantitative estimate of drug-likeness (QED) is 0.769. The van der Waals surface area contributed by atoms with E-state index in [1.807, 2.05) is 0 Å². The minimum absolute atomic E-state index is 0.458. The third-order valence-electron chi connectivity index (χ3n) is 3.53. The van der Waals surface area contributed by atoms with Crippen molar-refractivity contribution >= 4 is 22.9 Å². The molecule has 1 unspecified atom stereocenters. The lowest BCUT2D eigenvalue weighted by molar-refractivity contribution is 0.213. The molecule has 0 aliphatic carbocycles. The molecule has 96 valence electrons. The molecule has 17 heavy (non-hydrogen) atoms.